The lowest BCUT2D eigenvalue weighted by Crippen LogP contribution is -2.52. The monoisotopic (exact) mass is 313 g/mol. The lowest BCUT2D eigenvalue weighted by atomic mass is 9.50. The third kappa shape index (κ3) is 1.97. The number of oxime groups is 1. The first-order chi connectivity index (χ1) is 11.0. The summed E-state index contributed by atoms with van der Waals surface area (Å²) in [5, 5.41) is 23.4. The molecule has 0 spiro atoms. The van der Waals surface area contributed by atoms with Crippen LogP contribution in [-0.4, -0.2) is 21.6 Å². The highest BCUT2D eigenvalue weighted by Gasteiger charge is 2.61. The van der Waals surface area contributed by atoms with Crippen molar-refractivity contribution in [2.75, 3.05) is 0 Å². The average molecular weight is 313 g/mol. The van der Waals surface area contributed by atoms with Crippen LogP contribution in [0.1, 0.15) is 58.3 Å². The largest absolute Gasteiger partial charge is 0.411 e. The number of hydrogen-bond donors (Lipinski definition) is 2. The molecule has 4 aliphatic carbocycles. The summed E-state index contributed by atoms with van der Waals surface area (Å²) in [5.74, 6) is 5.40. The number of allylic oxidation sites excluding steroid dienone is 2. The van der Waals surface area contributed by atoms with Crippen LogP contribution in [0.15, 0.2) is 16.8 Å². The van der Waals surface area contributed by atoms with Crippen LogP contribution >= 0.6 is 0 Å². The second-order valence-corrected chi connectivity index (χ2v) is 8.43. The predicted octanol–water partition coefficient (Wildman–Crippen LogP) is 3.75. The molecular formula is C20H27NO2. The Labute approximate surface area is 138 Å². The van der Waals surface area contributed by atoms with Crippen LogP contribution < -0.4 is 0 Å². The van der Waals surface area contributed by atoms with Gasteiger partial charge in [-0.15, -0.1) is 6.42 Å². The van der Waals surface area contributed by atoms with E-state index in [1.165, 1.54) is 18.4 Å². The molecule has 124 valence electrons. The zero-order valence-corrected chi connectivity index (χ0v) is 14.0. The molecule has 0 radical (unpaired) electrons. The van der Waals surface area contributed by atoms with Gasteiger partial charge in [0.25, 0.3) is 0 Å². The third-order valence-corrected chi connectivity index (χ3v) is 7.83. The highest BCUT2D eigenvalue weighted by Crippen LogP contribution is 2.64. The van der Waals surface area contributed by atoms with Crippen LogP contribution in [0, 0.1) is 41.4 Å². The smallest absolute Gasteiger partial charge is 0.130 e. The van der Waals surface area contributed by atoms with Crippen molar-refractivity contribution in [2.45, 2.75) is 63.9 Å². The quantitative estimate of drug-likeness (QED) is 0.406. The summed E-state index contributed by atoms with van der Waals surface area (Å²) in [6.07, 6.45) is 16.3. The zero-order chi connectivity index (χ0) is 16.2. The first-order valence-electron chi connectivity index (χ1n) is 9.14. The number of fused-ring (bicyclic) bond motifs is 5. The third-order valence-electron chi connectivity index (χ3n) is 7.83. The van der Waals surface area contributed by atoms with Gasteiger partial charge in [0.15, 0.2) is 0 Å². The van der Waals surface area contributed by atoms with Crippen LogP contribution in [0.2, 0.25) is 0 Å². The van der Waals surface area contributed by atoms with E-state index in [9.17, 15) is 5.11 Å². The number of hydrogen-bond acceptors (Lipinski definition) is 3. The molecule has 0 aromatic rings. The molecule has 0 bridgehead atoms. The fraction of sp³-hybridized carbons (Fsp3) is 0.750. The summed E-state index contributed by atoms with van der Waals surface area (Å²) in [7, 11) is 0. The standard InChI is InChI=1S/C20H27NO2/c1-3-20(22)11-9-18-17-6-4-13-12-14(21-23)5-7-15(13)16(17)8-10-19(18,20)2/h1,12,15-18,22-23H,4-11H2,2H3/b21-14-/t15-,16+,17+,18-,19-,20-/m0/s1. The Bertz CT molecular complexity index is 616. The minimum Gasteiger partial charge on any atom is -0.411 e. The summed E-state index contributed by atoms with van der Waals surface area (Å²) in [4.78, 5) is 0. The van der Waals surface area contributed by atoms with Gasteiger partial charge in [-0.2, -0.15) is 0 Å². The molecule has 0 unspecified atom stereocenters. The number of aliphatic hydroxyl groups is 1. The molecule has 2 N–H and O–H groups in total. The van der Waals surface area contributed by atoms with Crippen LogP contribution in [0.25, 0.3) is 0 Å². The van der Waals surface area contributed by atoms with E-state index in [1.54, 1.807) is 0 Å². The highest BCUT2D eigenvalue weighted by atomic mass is 16.4. The van der Waals surface area contributed by atoms with Crippen molar-refractivity contribution in [3.05, 3.63) is 11.6 Å². The Morgan fingerprint density at radius 1 is 1.17 bits per heavy atom. The Hall–Kier alpha value is -1.27. The molecule has 3 heteroatoms. The topological polar surface area (TPSA) is 52.8 Å². The van der Waals surface area contributed by atoms with Crippen LogP contribution in [0.4, 0.5) is 0 Å². The van der Waals surface area contributed by atoms with Gasteiger partial charge in [0.1, 0.15) is 5.60 Å². The predicted molar refractivity (Wildman–Crippen MR) is 90.1 cm³/mol. The lowest BCUT2D eigenvalue weighted by Gasteiger charge is -2.54. The second kappa shape index (κ2) is 5.11. The Morgan fingerprint density at radius 2 is 2.00 bits per heavy atom. The van der Waals surface area contributed by atoms with Crippen molar-refractivity contribution in [3.63, 3.8) is 0 Å². The Balaban J connectivity index is 1.63. The summed E-state index contributed by atoms with van der Waals surface area (Å²) >= 11 is 0. The van der Waals surface area contributed by atoms with Gasteiger partial charge in [0.2, 0.25) is 0 Å². The first-order valence-corrected chi connectivity index (χ1v) is 9.14. The van der Waals surface area contributed by atoms with E-state index in [-0.39, 0.29) is 5.41 Å². The molecule has 3 saturated carbocycles. The fourth-order valence-corrected chi connectivity index (χ4v) is 6.53. The molecular weight excluding hydrogens is 286 g/mol. The van der Waals surface area contributed by atoms with Crippen molar-refractivity contribution >= 4 is 5.71 Å². The van der Waals surface area contributed by atoms with Crippen molar-refractivity contribution in [1.82, 2.24) is 0 Å². The maximum atomic E-state index is 11.0. The molecule has 4 aliphatic rings. The Morgan fingerprint density at radius 3 is 2.74 bits per heavy atom. The fourth-order valence-electron chi connectivity index (χ4n) is 6.53. The van der Waals surface area contributed by atoms with Gasteiger partial charge in [-0.1, -0.05) is 23.6 Å². The summed E-state index contributed by atoms with van der Waals surface area (Å²) in [5.41, 5.74) is 1.34. The summed E-state index contributed by atoms with van der Waals surface area (Å²) in [6, 6.07) is 0. The number of terminal acetylenes is 1. The zero-order valence-electron chi connectivity index (χ0n) is 14.0. The molecule has 23 heavy (non-hydrogen) atoms. The highest BCUT2D eigenvalue weighted by molar-refractivity contribution is 5.96. The van der Waals surface area contributed by atoms with E-state index in [4.69, 9.17) is 11.6 Å². The van der Waals surface area contributed by atoms with Gasteiger partial charge in [-0.25, -0.2) is 0 Å². The molecule has 6 atom stereocenters. The van der Waals surface area contributed by atoms with Gasteiger partial charge in [-0.05, 0) is 81.1 Å². The molecule has 0 saturated heterocycles. The second-order valence-electron chi connectivity index (χ2n) is 8.43. The molecule has 0 aromatic carbocycles. The van der Waals surface area contributed by atoms with E-state index in [2.05, 4.69) is 24.1 Å². The van der Waals surface area contributed by atoms with Gasteiger partial charge in [0, 0.05) is 5.41 Å². The van der Waals surface area contributed by atoms with Crippen molar-refractivity contribution in [3.8, 4) is 12.3 Å². The average Bonchev–Trinajstić information content (AvgIpc) is 2.86. The summed E-state index contributed by atoms with van der Waals surface area (Å²) < 4.78 is 0. The van der Waals surface area contributed by atoms with Crippen molar-refractivity contribution < 1.29 is 10.3 Å². The van der Waals surface area contributed by atoms with Crippen molar-refractivity contribution in [1.29, 1.82) is 0 Å². The van der Waals surface area contributed by atoms with Gasteiger partial charge >= 0.3 is 0 Å². The molecule has 0 aliphatic heterocycles. The minimum absolute atomic E-state index is 0.101. The normalized spacial score (nSPS) is 50.5. The SMILES string of the molecule is C#C[C@]1(O)CC[C@H]2[C@@H]3CCC4=C/C(=N\O)CC[C@@H]4[C@H]3CC[C@@]21C. The lowest BCUT2D eigenvalue weighted by molar-refractivity contribution is -0.0852. The maximum absolute atomic E-state index is 11.0. The van der Waals surface area contributed by atoms with Crippen LogP contribution in [0.3, 0.4) is 0 Å². The van der Waals surface area contributed by atoms with Gasteiger partial charge in [0.05, 0.1) is 5.71 Å². The van der Waals surface area contributed by atoms with E-state index >= 15 is 0 Å². The van der Waals surface area contributed by atoms with E-state index in [0.717, 1.165) is 50.2 Å². The Kier molecular flexibility index (Phi) is 3.39. The van der Waals surface area contributed by atoms with Crippen molar-refractivity contribution in [2.24, 2.45) is 34.2 Å². The van der Waals surface area contributed by atoms with Crippen LogP contribution in [-0.2, 0) is 0 Å². The molecule has 3 nitrogen and oxygen atoms in total. The maximum Gasteiger partial charge on any atom is 0.130 e. The van der Waals surface area contributed by atoms with Gasteiger partial charge in [-0.3, -0.25) is 0 Å². The molecule has 0 aromatic heterocycles. The molecule has 0 heterocycles. The van der Waals surface area contributed by atoms with E-state index < -0.39 is 5.60 Å². The number of rotatable bonds is 0. The molecule has 4 rings (SSSR count). The number of nitrogens with zero attached hydrogens (tertiary/aromatic N) is 1. The summed E-state index contributed by atoms with van der Waals surface area (Å²) in [6.45, 7) is 2.24. The van der Waals surface area contributed by atoms with E-state index in [1.807, 2.05) is 0 Å². The van der Waals surface area contributed by atoms with Crippen LogP contribution in [0.5, 0.6) is 0 Å². The molecule has 0 amide bonds. The minimum atomic E-state index is -0.901. The van der Waals surface area contributed by atoms with E-state index in [0.29, 0.717) is 17.8 Å². The molecule has 3 fully saturated rings. The van der Waals surface area contributed by atoms with Gasteiger partial charge < -0.3 is 10.3 Å². The first kappa shape index (κ1) is 15.3.